The Morgan fingerprint density at radius 2 is 1.64 bits per heavy atom. The Morgan fingerprint density at radius 3 is 2.36 bits per heavy atom. The van der Waals surface area contributed by atoms with Crippen molar-refractivity contribution >= 4 is 5.96 Å². The Labute approximate surface area is 164 Å². The van der Waals surface area contributed by atoms with Gasteiger partial charge in [0.05, 0.1) is 0 Å². The number of aliphatic imine (C=N–C) groups is 1. The van der Waals surface area contributed by atoms with Crippen LogP contribution in [0.3, 0.4) is 0 Å². The molecule has 0 fully saturated rings. The number of nitrogens with one attached hydrogen (secondary N) is 2. The molecule has 3 aromatic rings. The van der Waals surface area contributed by atoms with E-state index >= 15 is 0 Å². The van der Waals surface area contributed by atoms with Crippen molar-refractivity contribution in [2.45, 2.75) is 19.7 Å². The minimum absolute atomic E-state index is 0.241. The van der Waals surface area contributed by atoms with Crippen LogP contribution in [-0.2, 0) is 19.7 Å². The molecule has 2 N–H and O–H groups in total. The first-order chi connectivity index (χ1) is 13.7. The first-order valence-corrected chi connectivity index (χ1v) is 9.03. The molecular formula is C22H23FN4O. The van der Waals surface area contributed by atoms with Gasteiger partial charge in [-0.2, -0.15) is 0 Å². The van der Waals surface area contributed by atoms with Crippen molar-refractivity contribution < 1.29 is 9.13 Å². The van der Waals surface area contributed by atoms with E-state index in [0.29, 0.717) is 31.5 Å². The molecule has 0 aliphatic rings. The third kappa shape index (κ3) is 6.09. The molecule has 0 bridgehead atoms. The molecule has 0 saturated carbocycles. The molecule has 0 spiro atoms. The summed E-state index contributed by atoms with van der Waals surface area (Å²) in [6.07, 6.45) is 1.73. The largest absolute Gasteiger partial charge is 0.473 e. The summed E-state index contributed by atoms with van der Waals surface area (Å²) in [7, 11) is 1.71. The maximum Gasteiger partial charge on any atom is 0.213 e. The molecule has 0 aliphatic carbocycles. The van der Waals surface area contributed by atoms with Gasteiger partial charge in [-0.1, -0.05) is 42.5 Å². The highest BCUT2D eigenvalue weighted by Crippen LogP contribution is 2.11. The predicted molar refractivity (Wildman–Crippen MR) is 108 cm³/mol. The Bertz CT molecular complexity index is 898. The number of halogens is 1. The van der Waals surface area contributed by atoms with Gasteiger partial charge in [0, 0.05) is 32.4 Å². The fraction of sp³-hybridized carbons (Fsp3) is 0.182. The van der Waals surface area contributed by atoms with E-state index in [9.17, 15) is 4.39 Å². The van der Waals surface area contributed by atoms with Gasteiger partial charge in [0.2, 0.25) is 5.88 Å². The molecule has 0 aliphatic heterocycles. The molecule has 0 atom stereocenters. The highest BCUT2D eigenvalue weighted by atomic mass is 19.1. The van der Waals surface area contributed by atoms with Crippen molar-refractivity contribution in [2.24, 2.45) is 4.99 Å². The van der Waals surface area contributed by atoms with Crippen molar-refractivity contribution in [1.82, 2.24) is 15.6 Å². The van der Waals surface area contributed by atoms with Crippen LogP contribution < -0.4 is 15.4 Å². The number of hydrogen-bond acceptors (Lipinski definition) is 3. The summed E-state index contributed by atoms with van der Waals surface area (Å²) < 4.78 is 18.7. The minimum atomic E-state index is -0.241. The van der Waals surface area contributed by atoms with E-state index < -0.39 is 0 Å². The van der Waals surface area contributed by atoms with Crippen LogP contribution in [0.2, 0.25) is 0 Å². The number of hydrogen-bond donors (Lipinski definition) is 2. The molecule has 28 heavy (non-hydrogen) atoms. The Hall–Kier alpha value is -3.41. The lowest BCUT2D eigenvalue weighted by Crippen LogP contribution is -2.36. The molecule has 0 saturated heterocycles. The molecule has 0 radical (unpaired) electrons. The first-order valence-electron chi connectivity index (χ1n) is 9.03. The van der Waals surface area contributed by atoms with Gasteiger partial charge in [-0.15, -0.1) is 0 Å². The van der Waals surface area contributed by atoms with E-state index in [4.69, 9.17) is 4.74 Å². The second kappa shape index (κ2) is 10.1. The maximum absolute atomic E-state index is 13.0. The number of pyridine rings is 1. The van der Waals surface area contributed by atoms with E-state index in [1.165, 1.54) is 12.1 Å². The summed E-state index contributed by atoms with van der Waals surface area (Å²) in [6.45, 7) is 1.61. The van der Waals surface area contributed by atoms with Gasteiger partial charge in [0.15, 0.2) is 5.96 Å². The Morgan fingerprint density at radius 1 is 0.929 bits per heavy atom. The molecule has 5 nitrogen and oxygen atoms in total. The third-order valence-corrected chi connectivity index (χ3v) is 4.09. The minimum Gasteiger partial charge on any atom is -0.473 e. The van der Waals surface area contributed by atoms with Crippen LogP contribution in [0.25, 0.3) is 0 Å². The van der Waals surface area contributed by atoms with E-state index in [-0.39, 0.29) is 5.82 Å². The fourth-order valence-electron chi connectivity index (χ4n) is 2.57. The summed E-state index contributed by atoms with van der Waals surface area (Å²) >= 11 is 0. The lowest BCUT2D eigenvalue weighted by atomic mass is 10.2. The number of ether oxygens (including phenoxy) is 1. The SMILES string of the molecule is CN=C(NCc1ccc(F)cc1)NCc1ccnc(OCc2ccccc2)c1. The summed E-state index contributed by atoms with van der Waals surface area (Å²) in [5.41, 5.74) is 3.10. The van der Waals surface area contributed by atoms with Gasteiger partial charge in [0.1, 0.15) is 12.4 Å². The Kier molecular flexibility index (Phi) is 6.95. The number of aromatic nitrogens is 1. The van der Waals surface area contributed by atoms with Crippen molar-refractivity contribution in [3.8, 4) is 5.88 Å². The number of guanidine groups is 1. The van der Waals surface area contributed by atoms with E-state index in [2.05, 4.69) is 20.6 Å². The zero-order valence-electron chi connectivity index (χ0n) is 15.7. The summed E-state index contributed by atoms with van der Waals surface area (Å²) in [5.74, 6) is 1.000. The average Bonchev–Trinajstić information content (AvgIpc) is 2.75. The average molecular weight is 378 g/mol. The zero-order valence-corrected chi connectivity index (χ0v) is 15.7. The van der Waals surface area contributed by atoms with Crippen LogP contribution in [-0.4, -0.2) is 18.0 Å². The van der Waals surface area contributed by atoms with Crippen molar-refractivity contribution in [3.05, 3.63) is 95.4 Å². The van der Waals surface area contributed by atoms with E-state index in [1.54, 1.807) is 25.4 Å². The fourth-order valence-corrected chi connectivity index (χ4v) is 2.57. The van der Waals surface area contributed by atoms with Crippen LogP contribution in [0.4, 0.5) is 4.39 Å². The molecular weight excluding hydrogens is 355 g/mol. The second-order valence-electron chi connectivity index (χ2n) is 6.18. The second-order valence-corrected chi connectivity index (χ2v) is 6.18. The van der Waals surface area contributed by atoms with Crippen molar-refractivity contribution in [1.29, 1.82) is 0 Å². The predicted octanol–water partition coefficient (Wildman–Crippen LogP) is 3.66. The van der Waals surface area contributed by atoms with Gasteiger partial charge in [-0.3, -0.25) is 4.99 Å². The van der Waals surface area contributed by atoms with Gasteiger partial charge in [-0.05, 0) is 34.9 Å². The molecule has 0 amide bonds. The molecule has 1 aromatic heterocycles. The number of nitrogens with zero attached hydrogens (tertiary/aromatic N) is 2. The summed E-state index contributed by atoms with van der Waals surface area (Å²) in [6, 6.07) is 20.2. The molecule has 6 heteroatoms. The lowest BCUT2D eigenvalue weighted by molar-refractivity contribution is 0.293. The van der Waals surface area contributed by atoms with E-state index in [0.717, 1.165) is 16.7 Å². The molecule has 1 heterocycles. The topological polar surface area (TPSA) is 58.5 Å². The molecule has 2 aromatic carbocycles. The summed E-state index contributed by atoms with van der Waals surface area (Å²) in [4.78, 5) is 8.47. The smallest absolute Gasteiger partial charge is 0.213 e. The monoisotopic (exact) mass is 378 g/mol. The maximum atomic E-state index is 13.0. The number of rotatable bonds is 7. The van der Waals surface area contributed by atoms with Crippen LogP contribution in [0.5, 0.6) is 5.88 Å². The van der Waals surface area contributed by atoms with Crippen LogP contribution in [0.1, 0.15) is 16.7 Å². The van der Waals surface area contributed by atoms with Crippen molar-refractivity contribution in [3.63, 3.8) is 0 Å². The van der Waals surface area contributed by atoms with Gasteiger partial charge >= 0.3 is 0 Å². The summed E-state index contributed by atoms with van der Waals surface area (Å²) in [5, 5.41) is 6.46. The highest BCUT2D eigenvalue weighted by Gasteiger charge is 2.02. The van der Waals surface area contributed by atoms with Gasteiger partial charge < -0.3 is 15.4 Å². The Balaban J connectivity index is 1.49. The first kappa shape index (κ1) is 19.4. The van der Waals surface area contributed by atoms with Crippen LogP contribution >= 0.6 is 0 Å². The van der Waals surface area contributed by atoms with Crippen LogP contribution in [0, 0.1) is 5.82 Å². The van der Waals surface area contributed by atoms with Gasteiger partial charge in [-0.25, -0.2) is 9.37 Å². The van der Waals surface area contributed by atoms with Crippen LogP contribution in [0.15, 0.2) is 77.9 Å². The third-order valence-electron chi connectivity index (χ3n) is 4.09. The number of benzene rings is 2. The normalized spacial score (nSPS) is 11.1. The standard InChI is InChI=1S/C22H23FN4O/c1-24-22(26-14-17-7-9-20(23)10-8-17)27-15-19-11-12-25-21(13-19)28-16-18-5-3-2-4-6-18/h2-13H,14-16H2,1H3,(H2,24,26,27). The highest BCUT2D eigenvalue weighted by molar-refractivity contribution is 5.79. The van der Waals surface area contributed by atoms with Crippen molar-refractivity contribution in [2.75, 3.05) is 7.05 Å². The molecule has 144 valence electrons. The van der Waals surface area contributed by atoms with Gasteiger partial charge in [0.25, 0.3) is 0 Å². The lowest BCUT2D eigenvalue weighted by Gasteiger charge is -2.12. The molecule has 0 unspecified atom stereocenters. The quantitative estimate of drug-likeness (QED) is 0.487. The van der Waals surface area contributed by atoms with E-state index in [1.807, 2.05) is 42.5 Å². The molecule has 3 rings (SSSR count). The zero-order chi connectivity index (χ0) is 19.6.